The molecule has 0 aromatic heterocycles. The van der Waals surface area contributed by atoms with Crippen molar-refractivity contribution in [2.24, 2.45) is 0 Å². The Bertz CT molecular complexity index is 196. The van der Waals surface area contributed by atoms with Gasteiger partial charge >= 0.3 is 6.03 Å². The second-order valence-corrected chi connectivity index (χ2v) is 4.09. The Morgan fingerprint density at radius 3 is 2.29 bits per heavy atom. The summed E-state index contributed by atoms with van der Waals surface area (Å²) < 4.78 is 5.01. The summed E-state index contributed by atoms with van der Waals surface area (Å²) in [5.41, 5.74) is 0. The van der Waals surface area contributed by atoms with Crippen LogP contribution in [-0.2, 0) is 4.74 Å². The van der Waals surface area contributed by atoms with Crippen LogP contribution in [0.3, 0.4) is 0 Å². The highest BCUT2D eigenvalue weighted by atomic mass is 16.5. The van der Waals surface area contributed by atoms with Crippen molar-refractivity contribution in [2.45, 2.75) is 31.7 Å². The smallest absolute Gasteiger partial charge is 0.317 e. The predicted octanol–water partition coefficient (Wildman–Crippen LogP) is 0.971. The third-order valence-electron chi connectivity index (χ3n) is 2.86. The quantitative estimate of drug-likeness (QED) is 0.682. The Kier molecular flexibility index (Phi) is 3.24. The molecule has 4 nitrogen and oxygen atoms in total. The van der Waals surface area contributed by atoms with Gasteiger partial charge in [0.2, 0.25) is 0 Å². The number of ether oxygens (including phenoxy) is 1. The first kappa shape index (κ1) is 9.77. The largest absolute Gasteiger partial charge is 0.377 e. The Morgan fingerprint density at radius 1 is 1.14 bits per heavy atom. The molecule has 2 heterocycles. The van der Waals surface area contributed by atoms with E-state index in [-0.39, 0.29) is 12.1 Å². The number of likely N-dealkylation sites (tertiary alicyclic amines) is 1. The molecule has 2 fully saturated rings. The van der Waals surface area contributed by atoms with Gasteiger partial charge in [0.1, 0.15) is 0 Å². The molecule has 0 saturated carbocycles. The van der Waals surface area contributed by atoms with E-state index in [1.54, 1.807) is 0 Å². The number of hydrogen-bond acceptors (Lipinski definition) is 2. The lowest BCUT2D eigenvalue weighted by Crippen LogP contribution is -2.53. The summed E-state index contributed by atoms with van der Waals surface area (Å²) in [4.78, 5) is 13.6. The summed E-state index contributed by atoms with van der Waals surface area (Å²) in [6.07, 6.45) is 4.82. The van der Waals surface area contributed by atoms with Crippen molar-refractivity contribution in [1.82, 2.24) is 10.2 Å². The van der Waals surface area contributed by atoms with E-state index >= 15 is 0 Å². The molecule has 0 aromatic rings. The van der Waals surface area contributed by atoms with Gasteiger partial charge in [-0.3, -0.25) is 0 Å². The molecule has 0 radical (unpaired) electrons. The zero-order valence-electron chi connectivity index (χ0n) is 8.50. The lowest BCUT2D eigenvalue weighted by molar-refractivity contribution is -0.00198. The average Bonchev–Trinajstić information content (AvgIpc) is 2.38. The minimum atomic E-state index is 0.0974. The molecular weight excluding hydrogens is 180 g/mol. The molecular formula is C10H18N2O2. The number of nitrogens with one attached hydrogen (secondary N) is 1. The van der Waals surface area contributed by atoms with E-state index in [1.165, 1.54) is 12.8 Å². The van der Waals surface area contributed by atoms with E-state index in [4.69, 9.17) is 4.74 Å². The SMILES string of the molecule is O=C(NC1COC1)N1CCCCCC1. The van der Waals surface area contributed by atoms with Crippen molar-refractivity contribution >= 4 is 6.03 Å². The van der Waals surface area contributed by atoms with Crippen molar-refractivity contribution in [2.75, 3.05) is 26.3 Å². The fourth-order valence-electron chi connectivity index (χ4n) is 1.86. The molecule has 2 saturated heterocycles. The molecule has 0 unspecified atom stereocenters. The average molecular weight is 198 g/mol. The Hall–Kier alpha value is -0.770. The van der Waals surface area contributed by atoms with Crippen LogP contribution in [-0.4, -0.2) is 43.3 Å². The number of hydrogen-bond donors (Lipinski definition) is 1. The van der Waals surface area contributed by atoms with Crippen LogP contribution in [0.2, 0.25) is 0 Å². The lowest BCUT2D eigenvalue weighted by atomic mass is 10.2. The van der Waals surface area contributed by atoms with E-state index in [0.29, 0.717) is 13.2 Å². The van der Waals surface area contributed by atoms with E-state index in [2.05, 4.69) is 5.32 Å². The molecule has 0 bridgehead atoms. The van der Waals surface area contributed by atoms with Gasteiger partial charge in [0.05, 0.1) is 19.3 Å². The first-order valence-electron chi connectivity index (χ1n) is 5.49. The van der Waals surface area contributed by atoms with Crippen molar-refractivity contribution in [1.29, 1.82) is 0 Å². The maximum atomic E-state index is 11.7. The first-order chi connectivity index (χ1) is 6.86. The van der Waals surface area contributed by atoms with Crippen molar-refractivity contribution in [3.05, 3.63) is 0 Å². The van der Waals surface area contributed by atoms with Gasteiger partial charge in [-0.1, -0.05) is 12.8 Å². The second-order valence-electron chi connectivity index (χ2n) is 4.09. The molecule has 0 aliphatic carbocycles. The van der Waals surface area contributed by atoms with Crippen LogP contribution in [0.1, 0.15) is 25.7 Å². The maximum absolute atomic E-state index is 11.7. The molecule has 0 spiro atoms. The van der Waals surface area contributed by atoms with Gasteiger partial charge in [0, 0.05) is 13.1 Å². The normalized spacial score (nSPS) is 23.9. The molecule has 14 heavy (non-hydrogen) atoms. The van der Waals surface area contributed by atoms with Gasteiger partial charge in [-0.05, 0) is 12.8 Å². The Morgan fingerprint density at radius 2 is 1.79 bits per heavy atom. The summed E-state index contributed by atoms with van der Waals surface area (Å²) in [7, 11) is 0. The second kappa shape index (κ2) is 4.64. The molecule has 2 aliphatic rings. The Labute approximate surface area is 84.6 Å². The summed E-state index contributed by atoms with van der Waals surface area (Å²) in [6, 6.07) is 0.353. The molecule has 0 atom stereocenters. The van der Waals surface area contributed by atoms with Gasteiger partial charge in [0.15, 0.2) is 0 Å². The maximum Gasteiger partial charge on any atom is 0.317 e. The van der Waals surface area contributed by atoms with E-state index < -0.39 is 0 Å². The van der Waals surface area contributed by atoms with E-state index in [1.807, 2.05) is 4.90 Å². The molecule has 80 valence electrons. The lowest BCUT2D eigenvalue weighted by Gasteiger charge is -2.30. The number of amides is 2. The van der Waals surface area contributed by atoms with Crippen molar-refractivity contribution in [3.8, 4) is 0 Å². The van der Waals surface area contributed by atoms with Gasteiger partial charge in [-0.25, -0.2) is 4.79 Å². The molecule has 2 rings (SSSR count). The number of nitrogens with zero attached hydrogens (tertiary/aromatic N) is 1. The van der Waals surface area contributed by atoms with Gasteiger partial charge in [0.25, 0.3) is 0 Å². The first-order valence-corrected chi connectivity index (χ1v) is 5.49. The predicted molar refractivity (Wildman–Crippen MR) is 53.2 cm³/mol. The highest BCUT2D eigenvalue weighted by Gasteiger charge is 2.23. The third kappa shape index (κ3) is 2.38. The number of carbonyl (C=O) groups is 1. The number of rotatable bonds is 1. The van der Waals surface area contributed by atoms with Crippen molar-refractivity contribution < 1.29 is 9.53 Å². The molecule has 4 heteroatoms. The Balaban J connectivity index is 1.76. The molecule has 1 N–H and O–H groups in total. The summed E-state index contributed by atoms with van der Waals surface area (Å²) >= 11 is 0. The molecule has 0 aromatic carbocycles. The zero-order chi connectivity index (χ0) is 9.80. The highest BCUT2D eigenvalue weighted by molar-refractivity contribution is 5.74. The van der Waals surface area contributed by atoms with Crippen LogP contribution in [0.5, 0.6) is 0 Å². The standard InChI is InChI=1S/C10H18N2O2/c13-10(11-9-7-14-8-9)12-5-3-1-2-4-6-12/h9H,1-8H2,(H,11,13). The highest BCUT2D eigenvalue weighted by Crippen LogP contribution is 2.10. The topological polar surface area (TPSA) is 41.6 Å². The van der Waals surface area contributed by atoms with Crippen LogP contribution in [0, 0.1) is 0 Å². The van der Waals surface area contributed by atoms with Crippen LogP contribution in [0.4, 0.5) is 4.79 Å². The number of carbonyl (C=O) groups excluding carboxylic acids is 1. The third-order valence-corrected chi connectivity index (χ3v) is 2.86. The monoisotopic (exact) mass is 198 g/mol. The number of urea groups is 1. The van der Waals surface area contributed by atoms with E-state index in [9.17, 15) is 4.79 Å². The van der Waals surface area contributed by atoms with Crippen LogP contribution >= 0.6 is 0 Å². The summed E-state index contributed by atoms with van der Waals surface area (Å²) in [5.74, 6) is 0. The molecule has 2 aliphatic heterocycles. The molecule has 2 amide bonds. The fourth-order valence-corrected chi connectivity index (χ4v) is 1.86. The summed E-state index contributed by atoms with van der Waals surface area (Å²) in [5, 5.41) is 2.98. The minimum absolute atomic E-state index is 0.0974. The fraction of sp³-hybridized carbons (Fsp3) is 0.900. The van der Waals surface area contributed by atoms with Gasteiger partial charge < -0.3 is 15.0 Å². The minimum Gasteiger partial charge on any atom is -0.377 e. The van der Waals surface area contributed by atoms with Crippen LogP contribution < -0.4 is 5.32 Å². The van der Waals surface area contributed by atoms with Gasteiger partial charge in [-0.2, -0.15) is 0 Å². The van der Waals surface area contributed by atoms with Crippen molar-refractivity contribution in [3.63, 3.8) is 0 Å². The van der Waals surface area contributed by atoms with E-state index in [0.717, 1.165) is 25.9 Å². The summed E-state index contributed by atoms with van der Waals surface area (Å²) in [6.45, 7) is 3.19. The van der Waals surface area contributed by atoms with Gasteiger partial charge in [-0.15, -0.1) is 0 Å². The zero-order valence-corrected chi connectivity index (χ0v) is 8.50. The van der Waals surface area contributed by atoms with Crippen LogP contribution in [0.25, 0.3) is 0 Å². The van der Waals surface area contributed by atoms with Crippen LogP contribution in [0.15, 0.2) is 0 Å².